The lowest BCUT2D eigenvalue weighted by molar-refractivity contribution is -0.152. The van der Waals surface area contributed by atoms with Crippen molar-refractivity contribution in [3.63, 3.8) is 0 Å². The number of amides is 4. The van der Waals surface area contributed by atoms with Gasteiger partial charge in [0.25, 0.3) is 5.91 Å². The predicted octanol–water partition coefficient (Wildman–Crippen LogP) is 2.73. The summed E-state index contributed by atoms with van der Waals surface area (Å²) in [6.07, 6.45) is 1.59. The average molecular weight is 577 g/mol. The molecule has 2 aromatic rings. The number of hydroxylamine groups is 2. The molecule has 4 aliphatic rings. The number of hydrogen-bond acceptors (Lipinski definition) is 8. The Morgan fingerprint density at radius 3 is 2.24 bits per heavy atom. The quantitative estimate of drug-likeness (QED) is 0.465. The summed E-state index contributed by atoms with van der Waals surface area (Å²) in [7, 11) is 1.63. The van der Waals surface area contributed by atoms with E-state index in [1.807, 2.05) is 30.3 Å². The molecule has 4 fully saturated rings. The third kappa shape index (κ3) is 6.17. The zero-order valence-electron chi connectivity index (χ0n) is 24.3. The second kappa shape index (κ2) is 12.6. The van der Waals surface area contributed by atoms with Crippen LogP contribution < -0.4 is 9.64 Å². The van der Waals surface area contributed by atoms with Gasteiger partial charge < -0.3 is 24.3 Å². The molecule has 0 aliphatic carbocycles. The number of likely N-dealkylation sites (tertiary alicyclic amines) is 1. The first-order chi connectivity index (χ1) is 20.5. The molecule has 0 spiro atoms. The van der Waals surface area contributed by atoms with E-state index in [-0.39, 0.29) is 0 Å². The second-order valence-electron chi connectivity index (χ2n) is 11.6. The van der Waals surface area contributed by atoms with Gasteiger partial charge in [-0.25, -0.2) is 9.59 Å². The summed E-state index contributed by atoms with van der Waals surface area (Å²) in [5.74, 6) is 0.911. The predicted molar refractivity (Wildman–Crippen MR) is 157 cm³/mol. The van der Waals surface area contributed by atoms with Gasteiger partial charge in [0.2, 0.25) is 0 Å². The van der Waals surface area contributed by atoms with Crippen molar-refractivity contribution in [1.82, 2.24) is 24.7 Å². The summed E-state index contributed by atoms with van der Waals surface area (Å²) in [5, 5.41) is 0.689. The SMILES string of the molecule is COc1ccc(N2CCN(C(=O)ON3C(=O)[C@H]4CN(CC5CCN(Cc6ccccc6)CC5)CCN4C3=O)CC2)cc1. The molecule has 4 saturated heterocycles. The molecular weight excluding hydrogens is 536 g/mol. The highest BCUT2D eigenvalue weighted by Gasteiger charge is 2.50. The summed E-state index contributed by atoms with van der Waals surface area (Å²) < 4.78 is 5.23. The lowest BCUT2D eigenvalue weighted by Crippen LogP contribution is -2.54. The van der Waals surface area contributed by atoms with E-state index in [4.69, 9.17) is 9.57 Å². The number of carbonyl (C=O) groups excluding carboxylic acids is 3. The topological polar surface area (TPSA) is 89.1 Å². The molecular formula is C31H40N6O5. The van der Waals surface area contributed by atoms with Crippen molar-refractivity contribution in [3.05, 3.63) is 60.2 Å². The number of benzene rings is 2. The molecule has 0 unspecified atom stereocenters. The molecule has 11 heteroatoms. The maximum atomic E-state index is 13.2. The van der Waals surface area contributed by atoms with Crippen LogP contribution in [0.3, 0.4) is 0 Å². The Balaban J connectivity index is 0.958. The zero-order chi connectivity index (χ0) is 29.1. The number of piperidine rings is 1. The number of carbonyl (C=O) groups is 3. The molecule has 1 atom stereocenters. The smallest absolute Gasteiger partial charge is 0.434 e. The van der Waals surface area contributed by atoms with E-state index >= 15 is 0 Å². The molecule has 4 aliphatic heterocycles. The Morgan fingerprint density at radius 1 is 0.833 bits per heavy atom. The van der Waals surface area contributed by atoms with Gasteiger partial charge in [-0.05, 0) is 61.7 Å². The number of anilines is 1. The fraction of sp³-hybridized carbons (Fsp3) is 0.516. The van der Waals surface area contributed by atoms with Crippen molar-refractivity contribution in [2.24, 2.45) is 5.92 Å². The molecule has 0 aromatic heterocycles. The lowest BCUT2D eigenvalue weighted by Gasteiger charge is -2.39. The first-order valence-electron chi connectivity index (χ1n) is 15.0. The largest absolute Gasteiger partial charge is 0.497 e. The molecule has 0 radical (unpaired) electrons. The monoisotopic (exact) mass is 576 g/mol. The minimum absolute atomic E-state index is 0.437. The van der Waals surface area contributed by atoms with Crippen LogP contribution in [0.15, 0.2) is 54.6 Å². The Morgan fingerprint density at radius 2 is 1.55 bits per heavy atom. The third-order valence-corrected chi connectivity index (χ3v) is 8.99. The van der Waals surface area contributed by atoms with E-state index in [1.165, 1.54) is 5.56 Å². The maximum Gasteiger partial charge on any atom is 0.434 e. The third-order valence-electron chi connectivity index (χ3n) is 8.99. The van der Waals surface area contributed by atoms with E-state index in [1.54, 1.807) is 16.9 Å². The van der Waals surface area contributed by atoms with Crippen LogP contribution in [0.1, 0.15) is 18.4 Å². The van der Waals surface area contributed by atoms with Gasteiger partial charge >= 0.3 is 12.1 Å². The Labute approximate surface area is 247 Å². The standard InChI is InChI=1S/C31H40N6O5/c1-41-27-9-7-26(8-10-27)34-16-18-35(19-17-34)31(40)42-37-29(38)28-23-33(15-20-36(28)30(37)39)22-25-11-13-32(14-12-25)21-24-5-3-2-4-6-24/h2-10,25,28H,11-23H2,1H3/t28-/m1/s1. The highest BCUT2D eigenvalue weighted by molar-refractivity contribution is 6.04. The molecule has 11 nitrogen and oxygen atoms in total. The number of ether oxygens (including phenoxy) is 1. The van der Waals surface area contributed by atoms with Crippen LogP contribution in [0.25, 0.3) is 0 Å². The fourth-order valence-corrected chi connectivity index (χ4v) is 6.49. The number of nitrogens with zero attached hydrogens (tertiary/aromatic N) is 6. The van der Waals surface area contributed by atoms with Gasteiger partial charge in [0.1, 0.15) is 11.8 Å². The Hall–Kier alpha value is -3.83. The first-order valence-corrected chi connectivity index (χ1v) is 15.0. The fourth-order valence-electron chi connectivity index (χ4n) is 6.49. The molecule has 0 N–H and O–H groups in total. The first kappa shape index (κ1) is 28.3. The van der Waals surface area contributed by atoms with Crippen LogP contribution in [0.2, 0.25) is 0 Å². The van der Waals surface area contributed by atoms with Crippen molar-refractivity contribution >= 4 is 23.7 Å². The molecule has 4 amide bonds. The van der Waals surface area contributed by atoms with Crippen LogP contribution in [0, 0.1) is 5.92 Å². The van der Waals surface area contributed by atoms with Crippen molar-refractivity contribution in [2.45, 2.75) is 25.4 Å². The summed E-state index contributed by atoms with van der Waals surface area (Å²) in [6.45, 7) is 7.81. The van der Waals surface area contributed by atoms with Gasteiger partial charge in [0.05, 0.1) is 7.11 Å². The Bertz CT molecular complexity index is 1240. The second-order valence-corrected chi connectivity index (χ2v) is 11.6. The van der Waals surface area contributed by atoms with Crippen LogP contribution >= 0.6 is 0 Å². The number of hydrogen-bond donors (Lipinski definition) is 0. The molecule has 0 bridgehead atoms. The van der Waals surface area contributed by atoms with Gasteiger partial charge in [-0.15, -0.1) is 0 Å². The van der Waals surface area contributed by atoms with Crippen LogP contribution in [0.5, 0.6) is 5.75 Å². The van der Waals surface area contributed by atoms with Gasteiger partial charge in [0, 0.05) is 64.6 Å². The minimum Gasteiger partial charge on any atom is -0.497 e. The van der Waals surface area contributed by atoms with Gasteiger partial charge in [0.15, 0.2) is 0 Å². The van der Waals surface area contributed by atoms with Gasteiger partial charge in [-0.2, -0.15) is 0 Å². The summed E-state index contributed by atoms with van der Waals surface area (Å²) in [6, 6.07) is 17.2. The molecule has 42 heavy (non-hydrogen) atoms. The normalized spacial score (nSPS) is 22.5. The average Bonchev–Trinajstić information content (AvgIpc) is 3.26. The molecule has 6 rings (SSSR count). The van der Waals surface area contributed by atoms with E-state index in [2.05, 4.69) is 39.0 Å². The number of imide groups is 1. The number of urea groups is 1. The zero-order valence-corrected chi connectivity index (χ0v) is 24.3. The van der Waals surface area contributed by atoms with Crippen LogP contribution in [-0.2, 0) is 16.2 Å². The van der Waals surface area contributed by atoms with Crippen molar-refractivity contribution in [2.75, 3.05) is 77.5 Å². The summed E-state index contributed by atoms with van der Waals surface area (Å²) in [4.78, 5) is 54.7. The van der Waals surface area contributed by atoms with Crippen molar-refractivity contribution in [1.29, 1.82) is 0 Å². The van der Waals surface area contributed by atoms with E-state index < -0.39 is 24.1 Å². The highest BCUT2D eigenvalue weighted by atomic mass is 16.7. The molecule has 4 heterocycles. The molecule has 2 aromatic carbocycles. The van der Waals surface area contributed by atoms with Crippen molar-refractivity contribution < 1.29 is 24.0 Å². The molecule has 224 valence electrons. The number of piperazine rings is 2. The summed E-state index contributed by atoms with van der Waals surface area (Å²) in [5.41, 5.74) is 2.39. The number of fused-ring (bicyclic) bond motifs is 1. The van der Waals surface area contributed by atoms with E-state index in [0.29, 0.717) is 50.2 Å². The maximum absolute atomic E-state index is 13.2. The molecule has 0 saturated carbocycles. The van der Waals surface area contributed by atoms with Crippen molar-refractivity contribution in [3.8, 4) is 5.75 Å². The summed E-state index contributed by atoms with van der Waals surface area (Å²) >= 11 is 0. The van der Waals surface area contributed by atoms with E-state index in [0.717, 1.165) is 57.0 Å². The van der Waals surface area contributed by atoms with Crippen LogP contribution in [0.4, 0.5) is 15.3 Å². The lowest BCUT2D eigenvalue weighted by atomic mass is 9.95. The minimum atomic E-state index is -0.662. The number of methoxy groups -OCH3 is 1. The number of rotatable bonds is 7. The highest BCUT2D eigenvalue weighted by Crippen LogP contribution is 2.26. The van der Waals surface area contributed by atoms with E-state index in [9.17, 15) is 14.4 Å². The Kier molecular flexibility index (Phi) is 8.48. The van der Waals surface area contributed by atoms with Crippen LogP contribution in [-0.4, -0.2) is 121 Å². The van der Waals surface area contributed by atoms with Gasteiger partial charge in [-0.3, -0.25) is 14.6 Å². The van der Waals surface area contributed by atoms with Gasteiger partial charge in [-0.1, -0.05) is 35.4 Å².